The van der Waals surface area contributed by atoms with Crippen molar-refractivity contribution >= 4 is 11.4 Å². The Bertz CT molecular complexity index is 322. The van der Waals surface area contributed by atoms with Gasteiger partial charge in [-0.1, -0.05) is 12.1 Å². The predicted octanol–water partition coefficient (Wildman–Crippen LogP) is 2.08. The molecule has 0 unspecified atom stereocenters. The number of hydrogen-bond acceptors (Lipinski definition) is 2. The molecule has 1 aromatic rings. The van der Waals surface area contributed by atoms with Crippen LogP contribution in [0.5, 0.6) is 0 Å². The van der Waals surface area contributed by atoms with Crippen molar-refractivity contribution in [3.05, 3.63) is 24.3 Å². The number of benzene rings is 1. The molecule has 0 aliphatic carbocycles. The second kappa shape index (κ2) is 2.66. The van der Waals surface area contributed by atoms with E-state index in [-0.39, 0.29) is 0 Å². The summed E-state index contributed by atoms with van der Waals surface area (Å²) in [5, 5.41) is 3.49. The van der Waals surface area contributed by atoms with Gasteiger partial charge in [0.1, 0.15) is 0 Å². The lowest BCUT2D eigenvalue weighted by atomic mass is 10.1. The largest absolute Gasteiger partial charge is 0.381 e. The highest BCUT2D eigenvalue weighted by molar-refractivity contribution is 5.73. The molecule has 0 spiro atoms. The van der Waals surface area contributed by atoms with Crippen molar-refractivity contribution < 1.29 is 0 Å². The Balaban J connectivity index is 2.06. The molecule has 1 saturated heterocycles. The van der Waals surface area contributed by atoms with E-state index in [1.165, 1.54) is 30.8 Å². The van der Waals surface area contributed by atoms with Gasteiger partial charge in [0.05, 0.1) is 11.4 Å². The fourth-order valence-electron chi connectivity index (χ4n) is 2.47. The Labute approximate surface area is 78.6 Å². The van der Waals surface area contributed by atoms with E-state index in [4.69, 9.17) is 0 Å². The molecular formula is C11H14N2. The van der Waals surface area contributed by atoms with Gasteiger partial charge in [0.15, 0.2) is 0 Å². The van der Waals surface area contributed by atoms with Gasteiger partial charge in [-0.25, -0.2) is 0 Å². The number of rotatable bonds is 0. The third kappa shape index (κ3) is 1.01. The molecular weight excluding hydrogens is 160 g/mol. The summed E-state index contributed by atoms with van der Waals surface area (Å²) in [5.74, 6) is 0. The fourth-order valence-corrected chi connectivity index (χ4v) is 2.47. The summed E-state index contributed by atoms with van der Waals surface area (Å²) in [5.41, 5.74) is 2.71. The van der Waals surface area contributed by atoms with E-state index in [2.05, 4.69) is 34.5 Å². The first-order valence-electron chi connectivity index (χ1n) is 5.05. The van der Waals surface area contributed by atoms with Crippen LogP contribution in [0.2, 0.25) is 0 Å². The van der Waals surface area contributed by atoms with Crippen molar-refractivity contribution in [3.8, 4) is 0 Å². The zero-order chi connectivity index (χ0) is 8.67. The average Bonchev–Trinajstić information content (AvgIpc) is 2.65. The third-order valence-electron chi connectivity index (χ3n) is 3.12. The van der Waals surface area contributed by atoms with Gasteiger partial charge in [-0.3, -0.25) is 0 Å². The van der Waals surface area contributed by atoms with E-state index < -0.39 is 0 Å². The lowest BCUT2D eigenvalue weighted by Crippen LogP contribution is -2.39. The highest BCUT2D eigenvalue weighted by Gasteiger charge is 2.29. The van der Waals surface area contributed by atoms with Gasteiger partial charge in [-0.05, 0) is 25.0 Å². The molecule has 3 rings (SSSR count). The molecule has 0 amide bonds. The van der Waals surface area contributed by atoms with Crippen molar-refractivity contribution in [2.45, 2.75) is 18.9 Å². The van der Waals surface area contributed by atoms with E-state index >= 15 is 0 Å². The Morgan fingerprint density at radius 3 is 3.23 bits per heavy atom. The van der Waals surface area contributed by atoms with Crippen LogP contribution in [0.25, 0.3) is 0 Å². The minimum atomic E-state index is 0.745. The Morgan fingerprint density at radius 1 is 1.31 bits per heavy atom. The first-order valence-corrected chi connectivity index (χ1v) is 5.05. The van der Waals surface area contributed by atoms with Gasteiger partial charge in [0.2, 0.25) is 0 Å². The maximum Gasteiger partial charge on any atom is 0.0605 e. The smallest absolute Gasteiger partial charge is 0.0605 e. The maximum atomic E-state index is 3.49. The Morgan fingerprint density at radius 2 is 2.23 bits per heavy atom. The maximum absolute atomic E-state index is 3.49. The van der Waals surface area contributed by atoms with Gasteiger partial charge < -0.3 is 10.2 Å². The van der Waals surface area contributed by atoms with E-state index in [1.54, 1.807) is 0 Å². The van der Waals surface area contributed by atoms with Crippen molar-refractivity contribution in [1.29, 1.82) is 0 Å². The van der Waals surface area contributed by atoms with Crippen LogP contribution < -0.4 is 10.2 Å². The third-order valence-corrected chi connectivity index (χ3v) is 3.12. The molecule has 1 N–H and O–H groups in total. The van der Waals surface area contributed by atoms with Gasteiger partial charge in [-0.2, -0.15) is 0 Å². The van der Waals surface area contributed by atoms with Crippen molar-refractivity contribution in [2.24, 2.45) is 0 Å². The number of fused-ring (bicyclic) bond motifs is 3. The van der Waals surface area contributed by atoms with Gasteiger partial charge in [-0.15, -0.1) is 0 Å². The minimum Gasteiger partial charge on any atom is -0.381 e. The first kappa shape index (κ1) is 7.25. The minimum absolute atomic E-state index is 0.745. The number of para-hydroxylation sites is 2. The van der Waals surface area contributed by atoms with Crippen LogP contribution in [0.1, 0.15) is 12.8 Å². The summed E-state index contributed by atoms with van der Waals surface area (Å²) in [6.07, 6.45) is 2.70. The molecule has 0 aromatic heterocycles. The van der Waals surface area contributed by atoms with Crippen LogP contribution >= 0.6 is 0 Å². The highest BCUT2D eigenvalue weighted by atomic mass is 15.2. The Kier molecular flexibility index (Phi) is 1.48. The average molecular weight is 174 g/mol. The van der Waals surface area contributed by atoms with Crippen LogP contribution in [0.4, 0.5) is 11.4 Å². The van der Waals surface area contributed by atoms with E-state index in [0.29, 0.717) is 0 Å². The molecule has 0 saturated carbocycles. The van der Waals surface area contributed by atoms with Gasteiger partial charge in [0, 0.05) is 19.1 Å². The normalized spacial score (nSPS) is 24.9. The van der Waals surface area contributed by atoms with Gasteiger partial charge in [0.25, 0.3) is 0 Å². The van der Waals surface area contributed by atoms with E-state index in [9.17, 15) is 0 Å². The molecule has 0 radical (unpaired) electrons. The molecule has 2 aliphatic heterocycles. The monoisotopic (exact) mass is 174 g/mol. The molecule has 1 aromatic carbocycles. The summed E-state index contributed by atoms with van der Waals surface area (Å²) in [6.45, 7) is 2.36. The fraction of sp³-hybridized carbons (Fsp3) is 0.455. The van der Waals surface area contributed by atoms with Crippen molar-refractivity contribution in [2.75, 3.05) is 23.3 Å². The molecule has 2 heterocycles. The molecule has 2 nitrogen and oxygen atoms in total. The van der Waals surface area contributed by atoms with Crippen LogP contribution in [0, 0.1) is 0 Å². The summed E-state index contributed by atoms with van der Waals surface area (Å²) in [4.78, 5) is 2.55. The summed E-state index contributed by atoms with van der Waals surface area (Å²) >= 11 is 0. The van der Waals surface area contributed by atoms with Gasteiger partial charge >= 0.3 is 0 Å². The van der Waals surface area contributed by atoms with Crippen LogP contribution in [-0.4, -0.2) is 19.1 Å². The number of nitrogens with one attached hydrogen (secondary N) is 1. The SMILES string of the molecule is c1ccc2c(c1)NC[C@@H]1CCCN21. The zero-order valence-electron chi connectivity index (χ0n) is 7.66. The second-order valence-corrected chi connectivity index (χ2v) is 3.89. The predicted molar refractivity (Wildman–Crippen MR) is 55.3 cm³/mol. The van der Waals surface area contributed by atoms with E-state index in [0.717, 1.165) is 12.6 Å². The van der Waals surface area contributed by atoms with Crippen LogP contribution in [0.3, 0.4) is 0 Å². The molecule has 0 bridgehead atoms. The molecule has 2 heteroatoms. The molecule has 1 atom stereocenters. The Hall–Kier alpha value is -1.18. The van der Waals surface area contributed by atoms with Crippen LogP contribution in [-0.2, 0) is 0 Å². The lowest BCUT2D eigenvalue weighted by Gasteiger charge is -2.34. The summed E-state index contributed by atoms with van der Waals surface area (Å²) < 4.78 is 0. The summed E-state index contributed by atoms with van der Waals surface area (Å²) in [6, 6.07) is 9.36. The summed E-state index contributed by atoms with van der Waals surface area (Å²) in [7, 11) is 0. The highest BCUT2D eigenvalue weighted by Crippen LogP contribution is 2.35. The quantitative estimate of drug-likeness (QED) is 0.647. The standard InChI is InChI=1S/C11H14N2/c1-2-6-11-10(5-1)12-8-9-4-3-7-13(9)11/h1-2,5-6,9,12H,3-4,7-8H2/t9-/m0/s1. The van der Waals surface area contributed by atoms with Crippen LogP contribution in [0.15, 0.2) is 24.3 Å². The molecule has 68 valence electrons. The molecule has 1 fully saturated rings. The number of nitrogens with zero attached hydrogens (tertiary/aromatic N) is 1. The zero-order valence-corrected chi connectivity index (χ0v) is 7.66. The van der Waals surface area contributed by atoms with E-state index in [1.807, 2.05) is 0 Å². The van der Waals surface area contributed by atoms with Crippen molar-refractivity contribution in [1.82, 2.24) is 0 Å². The number of hydrogen-bond donors (Lipinski definition) is 1. The first-order chi connectivity index (χ1) is 6.45. The lowest BCUT2D eigenvalue weighted by molar-refractivity contribution is 0.683. The second-order valence-electron chi connectivity index (χ2n) is 3.89. The molecule has 13 heavy (non-hydrogen) atoms. The molecule has 2 aliphatic rings. The number of anilines is 2. The van der Waals surface area contributed by atoms with Crippen molar-refractivity contribution in [3.63, 3.8) is 0 Å². The topological polar surface area (TPSA) is 15.3 Å².